The van der Waals surface area contributed by atoms with E-state index in [1.165, 1.54) is 25.7 Å². The Morgan fingerprint density at radius 3 is 2.12 bits per heavy atom. The minimum absolute atomic E-state index is 0.454. The van der Waals surface area contributed by atoms with Crippen LogP contribution in [0.25, 0.3) is 0 Å². The first-order chi connectivity index (χ1) is 12.7. The van der Waals surface area contributed by atoms with Crippen LogP contribution in [-0.4, -0.2) is 17.2 Å². The zero-order chi connectivity index (χ0) is 18.0. The van der Waals surface area contributed by atoms with Gasteiger partial charge in [0.2, 0.25) is 0 Å². The Morgan fingerprint density at radius 2 is 1.62 bits per heavy atom. The van der Waals surface area contributed by atoms with E-state index in [9.17, 15) is 9.90 Å². The first-order valence-electron chi connectivity index (χ1n) is 9.35. The van der Waals surface area contributed by atoms with Gasteiger partial charge in [-0.3, -0.25) is 4.79 Å². The van der Waals surface area contributed by atoms with Gasteiger partial charge in [-0.15, -0.1) is 0 Å². The molecule has 2 aromatic rings. The Kier molecular flexibility index (Phi) is 4.60. The normalized spacial score (nSPS) is 24.9. The number of carbonyl (C=O) groups excluding carboxylic acids is 1. The van der Waals surface area contributed by atoms with Crippen molar-refractivity contribution in [3.8, 4) is 0 Å². The maximum atomic E-state index is 12.9. The molecular weight excluding hydrogens is 324 g/mol. The van der Waals surface area contributed by atoms with Crippen LogP contribution in [0.4, 0.5) is 0 Å². The molecule has 2 bridgehead atoms. The summed E-state index contributed by atoms with van der Waals surface area (Å²) in [5.41, 5.74) is 1.87. The van der Waals surface area contributed by atoms with Crippen LogP contribution in [0.2, 0.25) is 0 Å². The predicted octanol–water partition coefficient (Wildman–Crippen LogP) is 3.46. The molecule has 0 aromatic heterocycles. The number of hydrazone groups is 1. The van der Waals surface area contributed by atoms with Crippen LogP contribution < -0.4 is 5.43 Å². The van der Waals surface area contributed by atoms with Gasteiger partial charge in [0, 0.05) is 6.21 Å². The molecule has 3 atom stereocenters. The van der Waals surface area contributed by atoms with Crippen LogP contribution >= 0.6 is 0 Å². The first kappa shape index (κ1) is 17.0. The zero-order valence-corrected chi connectivity index (χ0v) is 14.7. The van der Waals surface area contributed by atoms with Gasteiger partial charge in [-0.1, -0.05) is 67.1 Å². The standard InChI is InChI=1S/C22H24N2O2/c25-21(24-23-15-18-14-16-11-12-17(18)13-16)22(26,19-7-3-1-4-8-19)20-9-5-2-6-10-20/h1-10,15-18,26H,11-14H2,(H,24,25)/b23-15-/t16-,17-,18-/m1/s1. The lowest BCUT2D eigenvalue weighted by Crippen LogP contribution is -2.43. The molecule has 2 aromatic carbocycles. The lowest BCUT2D eigenvalue weighted by atomic mass is 9.85. The fourth-order valence-electron chi connectivity index (χ4n) is 4.54. The van der Waals surface area contributed by atoms with Crippen LogP contribution in [0.1, 0.15) is 36.8 Å². The number of rotatable bonds is 5. The number of nitrogens with one attached hydrogen (secondary N) is 1. The molecule has 4 nitrogen and oxygen atoms in total. The van der Waals surface area contributed by atoms with Gasteiger partial charge in [0.1, 0.15) is 0 Å². The number of hydrogen-bond acceptors (Lipinski definition) is 3. The Bertz CT molecular complexity index is 749. The molecule has 0 saturated heterocycles. The van der Waals surface area contributed by atoms with Crippen LogP contribution in [0.5, 0.6) is 0 Å². The largest absolute Gasteiger partial charge is 0.372 e. The van der Waals surface area contributed by atoms with Crippen molar-refractivity contribution < 1.29 is 9.90 Å². The Hall–Kier alpha value is -2.46. The van der Waals surface area contributed by atoms with Crippen molar-refractivity contribution in [1.29, 1.82) is 0 Å². The molecule has 2 aliphatic carbocycles. The third kappa shape index (κ3) is 3.06. The highest BCUT2D eigenvalue weighted by molar-refractivity contribution is 5.90. The summed E-state index contributed by atoms with van der Waals surface area (Å²) >= 11 is 0. The predicted molar refractivity (Wildman–Crippen MR) is 101 cm³/mol. The average Bonchev–Trinajstić information content (AvgIpc) is 3.32. The van der Waals surface area contributed by atoms with E-state index in [0.717, 1.165) is 5.92 Å². The second-order valence-electron chi connectivity index (χ2n) is 7.50. The summed E-state index contributed by atoms with van der Waals surface area (Å²) < 4.78 is 0. The number of carbonyl (C=O) groups is 1. The molecular formula is C22H24N2O2. The Labute approximate surface area is 153 Å². The monoisotopic (exact) mass is 348 g/mol. The van der Waals surface area contributed by atoms with Gasteiger partial charge in [0.25, 0.3) is 5.91 Å². The van der Waals surface area contributed by atoms with Gasteiger partial charge >= 0.3 is 0 Å². The highest BCUT2D eigenvalue weighted by Crippen LogP contribution is 2.47. The molecule has 4 rings (SSSR count). The molecule has 134 valence electrons. The van der Waals surface area contributed by atoms with Crippen LogP contribution in [-0.2, 0) is 10.4 Å². The minimum Gasteiger partial charge on any atom is -0.372 e. The summed E-state index contributed by atoms with van der Waals surface area (Å²) in [6.07, 6.45) is 6.95. The minimum atomic E-state index is -1.77. The topological polar surface area (TPSA) is 61.7 Å². The molecule has 2 N–H and O–H groups in total. The van der Waals surface area contributed by atoms with E-state index < -0.39 is 11.5 Å². The molecule has 0 heterocycles. The van der Waals surface area contributed by atoms with Crippen LogP contribution in [0, 0.1) is 17.8 Å². The van der Waals surface area contributed by atoms with Gasteiger partial charge in [-0.05, 0) is 48.1 Å². The number of benzene rings is 2. The summed E-state index contributed by atoms with van der Waals surface area (Å²) in [4.78, 5) is 12.9. The molecule has 0 radical (unpaired) electrons. The average molecular weight is 348 g/mol. The molecule has 0 spiro atoms. The van der Waals surface area contributed by atoms with Crippen molar-refractivity contribution in [2.45, 2.75) is 31.3 Å². The Balaban J connectivity index is 1.55. The molecule has 4 heteroatoms. The highest BCUT2D eigenvalue weighted by Gasteiger charge is 2.41. The van der Waals surface area contributed by atoms with Crippen molar-refractivity contribution in [3.63, 3.8) is 0 Å². The molecule has 26 heavy (non-hydrogen) atoms. The van der Waals surface area contributed by atoms with E-state index in [1.54, 1.807) is 24.3 Å². The molecule has 2 fully saturated rings. The SMILES string of the molecule is O=C(N/N=C\[C@H]1C[C@@H]2CC[C@@H]1C2)C(O)(c1ccccc1)c1ccccc1. The van der Waals surface area contributed by atoms with Gasteiger partial charge in [-0.25, -0.2) is 5.43 Å². The van der Waals surface area contributed by atoms with Crippen LogP contribution in [0.15, 0.2) is 65.8 Å². The summed E-state index contributed by atoms with van der Waals surface area (Å²) in [7, 11) is 0. The van der Waals surface area contributed by atoms with Crippen molar-refractivity contribution in [3.05, 3.63) is 71.8 Å². The number of aliphatic hydroxyl groups is 1. The maximum absolute atomic E-state index is 12.9. The lowest BCUT2D eigenvalue weighted by molar-refractivity contribution is -0.136. The van der Waals surface area contributed by atoms with Gasteiger partial charge in [0.05, 0.1) is 0 Å². The number of nitrogens with zero attached hydrogens (tertiary/aromatic N) is 1. The van der Waals surface area contributed by atoms with E-state index >= 15 is 0 Å². The van der Waals surface area contributed by atoms with Gasteiger partial charge in [-0.2, -0.15) is 5.10 Å². The van der Waals surface area contributed by atoms with Crippen molar-refractivity contribution in [1.82, 2.24) is 5.43 Å². The third-order valence-corrected chi connectivity index (χ3v) is 5.94. The molecule has 2 aliphatic rings. The fraction of sp³-hybridized carbons (Fsp3) is 0.364. The second kappa shape index (κ2) is 7.04. The summed E-state index contributed by atoms with van der Waals surface area (Å²) in [5, 5.41) is 15.5. The highest BCUT2D eigenvalue weighted by atomic mass is 16.3. The number of fused-ring (bicyclic) bond motifs is 2. The van der Waals surface area contributed by atoms with Crippen molar-refractivity contribution in [2.24, 2.45) is 22.9 Å². The van der Waals surface area contributed by atoms with E-state index in [0.29, 0.717) is 23.0 Å². The maximum Gasteiger partial charge on any atom is 0.281 e. The van der Waals surface area contributed by atoms with E-state index in [-0.39, 0.29) is 0 Å². The molecule has 0 unspecified atom stereocenters. The molecule has 0 aliphatic heterocycles. The fourth-order valence-corrected chi connectivity index (χ4v) is 4.54. The smallest absolute Gasteiger partial charge is 0.281 e. The quantitative estimate of drug-likeness (QED) is 0.642. The second-order valence-corrected chi connectivity index (χ2v) is 7.50. The molecule has 2 saturated carbocycles. The van der Waals surface area contributed by atoms with Crippen molar-refractivity contribution >= 4 is 12.1 Å². The summed E-state index contributed by atoms with van der Waals surface area (Å²) in [6.45, 7) is 0. The van der Waals surface area contributed by atoms with E-state index in [1.807, 2.05) is 42.6 Å². The number of hydrogen-bond donors (Lipinski definition) is 2. The zero-order valence-electron chi connectivity index (χ0n) is 14.7. The summed E-state index contributed by atoms with van der Waals surface area (Å²) in [6, 6.07) is 18.0. The summed E-state index contributed by atoms with van der Waals surface area (Å²) in [5.74, 6) is 1.46. The van der Waals surface area contributed by atoms with E-state index in [2.05, 4.69) is 10.5 Å². The molecule has 1 amide bonds. The Morgan fingerprint density at radius 1 is 1.00 bits per heavy atom. The first-order valence-corrected chi connectivity index (χ1v) is 9.35. The van der Waals surface area contributed by atoms with Gasteiger partial charge in [0.15, 0.2) is 5.60 Å². The third-order valence-electron chi connectivity index (χ3n) is 5.94. The van der Waals surface area contributed by atoms with Crippen LogP contribution in [0.3, 0.4) is 0 Å². The van der Waals surface area contributed by atoms with E-state index in [4.69, 9.17) is 0 Å². The number of amides is 1. The lowest BCUT2D eigenvalue weighted by Gasteiger charge is -2.27. The van der Waals surface area contributed by atoms with Gasteiger partial charge < -0.3 is 5.11 Å². The van der Waals surface area contributed by atoms with Crippen molar-refractivity contribution in [2.75, 3.05) is 0 Å².